The maximum atomic E-state index is 13.5. The van der Waals surface area contributed by atoms with Crippen molar-refractivity contribution in [2.24, 2.45) is 0 Å². The standard InChI is InChI=1S/C15H18FN3O2/c1-3-15(6-7-17-9-15)14-18-13(19-21-14)10-4-5-11(16)12(8-10)20-2/h4-5,8,17H,3,6-7,9H2,1-2H3. The van der Waals surface area contributed by atoms with Crippen LogP contribution in [0.15, 0.2) is 22.7 Å². The molecule has 1 aliphatic rings. The van der Waals surface area contributed by atoms with Gasteiger partial charge in [0.1, 0.15) is 0 Å². The van der Waals surface area contributed by atoms with Gasteiger partial charge in [0.15, 0.2) is 11.6 Å². The van der Waals surface area contributed by atoms with E-state index in [1.165, 1.54) is 13.2 Å². The minimum Gasteiger partial charge on any atom is -0.494 e. The number of methoxy groups -OCH3 is 1. The Hall–Kier alpha value is -1.95. The van der Waals surface area contributed by atoms with Crippen molar-refractivity contribution in [3.8, 4) is 17.1 Å². The zero-order valence-corrected chi connectivity index (χ0v) is 12.1. The maximum absolute atomic E-state index is 13.5. The fourth-order valence-corrected chi connectivity index (χ4v) is 2.73. The van der Waals surface area contributed by atoms with Gasteiger partial charge in [-0.25, -0.2) is 4.39 Å². The smallest absolute Gasteiger partial charge is 0.234 e. The molecule has 1 N–H and O–H groups in total. The van der Waals surface area contributed by atoms with E-state index in [1.54, 1.807) is 12.1 Å². The molecule has 0 saturated carbocycles. The predicted molar refractivity (Wildman–Crippen MR) is 75.7 cm³/mol. The van der Waals surface area contributed by atoms with Crippen molar-refractivity contribution in [3.05, 3.63) is 29.9 Å². The van der Waals surface area contributed by atoms with Crippen molar-refractivity contribution < 1.29 is 13.7 Å². The Balaban J connectivity index is 1.95. The summed E-state index contributed by atoms with van der Waals surface area (Å²) in [6.07, 6.45) is 1.92. The molecule has 0 radical (unpaired) electrons. The first kappa shape index (κ1) is 14.0. The predicted octanol–water partition coefficient (Wildman–Crippen LogP) is 2.53. The number of hydrogen-bond donors (Lipinski definition) is 1. The molecule has 1 atom stereocenters. The molecule has 2 heterocycles. The number of rotatable bonds is 4. The summed E-state index contributed by atoms with van der Waals surface area (Å²) in [6.45, 7) is 3.92. The molecule has 6 heteroatoms. The van der Waals surface area contributed by atoms with Gasteiger partial charge in [-0.1, -0.05) is 12.1 Å². The zero-order chi connectivity index (χ0) is 14.9. The van der Waals surface area contributed by atoms with Crippen LogP contribution in [-0.4, -0.2) is 30.3 Å². The van der Waals surface area contributed by atoms with E-state index >= 15 is 0 Å². The van der Waals surface area contributed by atoms with E-state index in [1.807, 2.05) is 0 Å². The summed E-state index contributed by atoms with van der Waals surface area (Å²) in [5, 5.41) is 7.38. The molecule has 1 fully saturated rings. The molecule has 0 aliphatic carbocycles. The zero-order valence-electron chi connectivity index (χ0n) is 12.1. The minimum absolute atomic E-state index is 0.0879. The summed E-state index contributed by atoms with van der Waals surface area (Å²) in [4.78, 5) is 4.51. The summed E-state index contributed by atoms with van der Waals surface area (Å²) in [6, 6.07) is 4.55. The first-order valence-electron chi connectivity index (χ1n) is 7.07. The molecule has 1 aliphatic heterocycles. The Bertz CT molecular complexity index is 636. The fourth-order valence-electron chi connectivity index (χ4n) is 2.73. The molecule has 3 rings (SSSR count). The molecule has 1 aromatic carbocycles. The highest BCUT2D eigenvalue weighted by Crippen LogP contribution is 2.34. The average molecular weight is 291 g/mol. The van der Waals surface area contributed by atoms with Gasteiger partial charge in [0.25, 0.3) is 0 Å². The number of nitrogens with one attached hydrogen (secondary N) is 1. The SMILES string of the molecule is CCC1(c2nc(-c3ccc(F)c(OC)c3)no2)CCNC1. The largest absolute Gasteiger partial charge is 0.494 e. The lowest BCUT2D eigenvalue weighted by Gasteiger charge is -2.20. The summed E-state index contributed by atoms with van der Waals surface area (Å²) in [7, 11) is 1.43. The van der Waals surface area contributed by atoms with Crippen LogP contribution in [0.1, 0.15) is 25.7 Å². The third-order valence-electron chi connectivity index (χ3n) is 4.21. The van der Waals surface area contributed by atoms with Crippen molar-refractivity contribution in [1.82, 2.24) is 15.5 Å². The van der Waals surface area contributed by atoms with E-state index in [-0.39, 0.29) is 11.2 Å². The second-order valence-corrected chi connectivity index (χ2v) is 5.33. The minimum atomic E-state index is -0.407. The molecule has 0 amide bonds. The Morgan fingerprint density at radius 2 is 2.33 bits per heavy atom. The van der Waals surface area contributed by atoms with Crippen molar-refractivity contribution in [2.75, 3.05) is 20.2 Å². The van der Waals surface area contributed by atoms with E-state index in [0.29, 0.717) is 17.3 Å². The van der Waals surface area contributed by atoms with Gasteiger partial charge >= 0.3 is 0 Å². The first-order valence-corrected chi connectivity index (χ1v) is 7.07. The molecule has 112 valence electrons. The lowest BCUT2D eigenvalue weighted by atomic mass is 9.84. The summed E-state index contributed by atoms with van der Waals surface area (Å²) in [5.41, 5.74) is 0.593. The second kappa shape index (κ2) is 5.44. The number of nitrogens with zero attached hydrogens (tertiary/aromatic N) is 2. The van der Waals surface area contributed by atoms with Crippen LogP contribution in [0.25, 0.3) is 11.4 Å². The number of hydrogen-bond acceptors (Lipinski definition) is 5. The highest BCUT2D eigenvalue weighted by atomic mass is 19.1. The Labute approximate surface area is 122 Å². The highest BCUT2D eigenvalue weighted by Gasteiger charge is 2.39. The van der Waals surface area contributed by atoms with E-state index in [9.17, 15) is 4.39 Å². The lowest BCUT2D eigenvalue weighted by molar-refractivity contribution is 0.285. The molecule has 0 spiro atoms. The van der Waals surface area contributed by atoms with Gasteiger partial charge in [-0.3, -0.25) is 0 Å². The number of halogens is 1. The first-order chi connectivity index (χ1) is 10.2. The van der Waals surface area contributed by atoms with Crippen LogP contribution in [0.3, 0.4) is 0 Å². The van der Waals surface area contributed by atoms with Crippen molar-refractivity contribution in [2.45, 2.75) is 25.2 Å². The third-order valence-corrected chi connectivity index (χ3v) is 4.21. The molecular weight excluding hydrogens is 273 g/mol. The van der Waals surface area contributed by atoms with E-state index in [2.05, 4.69) is 22.4 Å². The van der Waals surface area contributed by atoms with E-state index < -0.39 is 5.82 Å². The van der Waals surface area contributed by atoms with Gasteiger partial charge in [0, 0.05) is 12.1 Å². The van der Waals surface area contributed by atoms with Crippen LogP contribution in [0, 0.1) is 5.82 Å². The van der Waals surface area contributed by atoms with Gasteiger partial charge in [0.05, 0.1) is 12.5 Å². The summed E-state index contributed by atoms with van der Waals surface area (Å²) < 4.78 is 23.9. The van der Waals surface area contributed by atoms with Crippen molar-refractivity contribution in [3.63, 3.8) is 0 Å². The molecule has 0 bridgehead atoms. The molecular formula is C15H18FN3O2. The molecule has 1 unspecified atom stereocenters. The van der Waals surface area contributed by atoms with E-state index in [0.717, 1.165) is 25.9 Å². The average Bonchev–Trinajstić information content (AvgIpc) is 3.17. The second-order valence-electron chi connectivity index (χ2n) is 5.33. The Kier molecular flexibility index (Phi) is 3.63. The number of ether oxygens (including phenoxy) is 1. The van der Waals surface area contributed by atoms with Crippen LogP contribution in [0.2, 0.25) is 0 Å². The number of benzene rings is 1. The van der Waals surface area contributed by atoms with Crippen LogP contribution >= 0.6 is 0 Å². The maximum Gasteiger partial charge on any atom is 0.234 e. The molecule has 1 aromatic heterocycles. The molecule has 2 aromatic rings. The van der Waals surface area contributed by atoms with Crippen LogP contribution in [0.5, 0.6) is 5.75 Å². The van der Waals surface area contributed by atoms with Gasteiger partial charge in [0.2, 0.25) is 11.7 Å². The normalized spacial score (nSPS) is 21.7. The topological polar surface area (TPSA) is 60.2 Å². The Morgan fingerprint density at radius 3 is 3.00 bits per heavy atom. The van der Waals surface area contributed by atoms with E-state index in [4.69, 9.17) is 9.26 Å². The van der Waals surface area contributed by atoms with Crippen molar-refractivity contribution >= 4 is 0 Å². The van der Waals surface area contributed by atoms with Crippen LogP contribution in [0.4, 0.5) is 4.39 Å². The number of aromatic nitrogens is 2. The van der Waals surface area contributed by atoms with Gasteiger partial charge in [-0.05, 0) is 37.6 Å². The van der Waals surface area contributed by atoms with Gasteiger partial charge in [-0.15, -0.1) is 0 Å². The Morgan fingerprint density at radius 1 is 1.48 bits per heavy atom. The summed E-state index contributed by atoms with van der Waals surface area (Å²) >= 11 is 0. The highest BCUT2D eigenvalue weighted by molar-refractivity contribution is 5.57. The van der Waals surface area contributed by atoms with Gasteiger partial charge < -0.3 is 14.6 Å². The fraction of sp³-hybridized carbons (Fsp3) is 0.467. The monoisotopic (exact) mass is 291 g/mol. The van der Waals surface area contributed by atoms with Gasteiger partial charge in [-0.2, -0.15) is 4.98 Å². The lowest BCUT2D eigenvalue weighted by Crippen LogP contribution is -2.28. The third kappa shape index (κ3) is 2.40. The summed E-state index contributed by atoms with van der Waals surface area (Å²) in [5.74, 6) is 0.873. The molecule has 1 saturated heterocycles. The molecule has 5 nitrogen and oxygen atoms in total. The quantitative estimate of drug-likeness (QED) is 0.938. The van der Waals surface area contributed by atoms with Crippen LogP contribution < -0.4 is 10.1 Å². The molecule has 21 heavy (non-hydrogen) atoms. The van der Waals surface area contributed by atoms with Crippen molar-refractivity contribution in [1.29, 1.82) is 0 Å². The van der Waals surface area contributed by atoms with Crippen LogP contribution in [-0.2, 0) is 5.41 Å².